The number of carboxylic acid groups (broad SMARTS) is 1. The zero-order chi connectivity index (χ0) is 20.5. The van der Waals surface area contributed by atoms with E-state index in [1.54, 1.807) is 6.07 Å². The van der Waals surface area contributed by atoms with Gasteiger partial charge in [0.05, 0.1) is 10.0 Å². The van der Waals surface area contributed by atoms with E-state index in [0.717, 1.165) is 11.3 Å². The molecule has 0 aliphatic heterocycles. The van der Waals surface area contributed by atoms with Crippen LogP contribution in [0.3, 0.4) is 0 Å². The van der Waals surface area contributed by atoms with Gasteiger partial charge in [-0.25, -0.2) is 18.2 Å². The van der Waals surface area contributed by atoms with Crippen LogP contribution < -0.4 is 9.46 Å². The summed E-state index contributed by atoms with van der Waals surface area (Å²) in [6, 6.07) is 8.33. The number of pyridine rings is 1. The van der Waals surface area contributed by atoms with Gasteiger partial charge in [0.15, 0.2) is 0 Å². The molecule has 146 valence electrons. The molecule has 2 heterocycles. The van der Waals surface area contributed by atoms with Gasteiger partial charge in [0.25, 0.3) is 10.0 Å². The number of para-hydroxylation sites is 1. The van der Waals surface area contributed by atoms with E-state index in [1.165, 1.54) is 36.5 Å². The lowest BCUT2D eigenvalue weighted by Crippen LogP contribution is -2.13. The number of sulfonamides is 1. The first-order valence-corrected chi connectivity index (χ1v) is 10.7. The minimum atomic E-state index is -4.07. The van der Waals surface area contributed by atoms with Gasteiger partial charge in [-0.2, -0.15) is 0 Å². The number of aromatic carboxylic acids is 1. The number of anilines is 1. The standard InChI is InChI=1S/C16H9Cl3N2O5S2/c17-8-5-11(21-28(24,25)13-6-10(18)14(19)27-13)15(20-7-8)26-12-4-2-1-3-9(12)16(22)23/h1-7,21H,(H,22,23). The smallest absolute Gasteiger partial charge is 0.339 e. The maximum Gasteiger partial charge on any atom is 0.339 e. The van der Waals surface area contributed by atoms with E-state index in [4.69, 9.17) is 39.5 Å². The fourth-order valence-electron chi connectivity index (χ4n) is 2.07. The van der Waals surface area contributed by atoms with E-state index in [0.29, 0.717) is 0 Å². The van der Waals surface area contributed by atoms with Crippen molar-refractivity contribution in [2.45, 2.75) is 4.21 Å². The zero-order valence-electron chi connectivity index (χ0n) is 13.5. The molecule has 0 radical (unpaired) electrons. The third-order valence-electron chi connectivity index (χ3n) is 3.27. The van der Waals surface area contributed by atoms with Crippen molar-refractivity contribution in [3.8, 4) is 11.6 Å². The van der Waals surface area contributed by atoms with Gasteiger partial charge in [-0.1, -0.05) is 46.9 Å². The molecule has 0 saturated heterocycles. The molecule has 0 fully saturated rings. The molecule has 12 heteroatoms. The van der Waals surface area contributed by atoms with Crippen LogP contribution >= 0.6 is 46.1 Å². The Kier molecular flexibility index (Phi) is 6.01. The summed E-state index contributed by atoms with van der Waals surface area (Å²) in [6.07, 6.45) is 1.23. The van der Waals surface area contributed by atoms with Gasteiger partial charge in [-0.05, 0) is 24.3 Å². The Morgan fingerprint density at radius 2 is 1.89 bits per heavy atom. The van der Waals surface area contributed by atoms with Crippen LogP contribution in [-0.4, -0.2) is 24.5 Å². The summed E-state index contributed by atoms with van der Waals surface area (Å²) >= 11 is 18.3. The number of hydrogen-bond donors (Lipinski definition) is 2. The van der Waals surface area contributed by atoms with Crippen molar-refractivity contribution < 1.29 is 23.1 Å². The molecule has 2 N–H and O–H groups in total. The summed E-state index contributed by atoms with van der Waals surface area (Å²) < 4.78 is 33.1. The number of nitrogens with zero attached hydrogens (tertiary/aromatic N) is 1. The first kappa shape index (κ1) is 20.7. The summed E-state index contributed by atoms with van der Waals surface area (Å²) in [4.78, 5) is 15.3. The predicted octanol–water partition coefficient (Wildman–Crippen LogP) is 5.39. The van der Waals surface area contributed by atoms with Crippen molar-refractivity contribution in [2.75, 3.05) is 4.72 Å². The fourth-order valence-corrected chi connectivity index (χ4v) is 5.16. The van der Waals surface area contributed by atoms with E-state index in [-0.39, 0.29) is 41.5 Å². The number of nitrogens with one attached hydrogen (secondary N) is 1. The van der Waals surface area contributed by atoms with Crippen LogP contribution in [-0.2, 0) is 10.0 Å². The zero-order valence-corrected chi connectivity index (χ0v) is 17.4. The Labute approximate surface area is 178 Å². The molecular weight excluding hydrogens is 471 g/mol. The molecule has 1 aromatic carbocycles. The van der Waals surface area contributed by atoms with Crippen LogP contribution in [0.4, 0.5) is 5.69 Å². The van der Waals surface area contributed by atoms with Gasteiger partial charge in [-0.3, -0.25) is 4.72 Å². The highest BCUT2D eigenvalue weighted by atomic mass is 35.5. The maximum absolute atomic E-state index is 12.6. The molecule has 0 aliphatic rings. The average Bonchev–Trinajstić information content (AvgIpc) is 2.97. The quantitative estimate of drug-likeness (QED) is 0.491. The van der Waals surface area contributed by atoms with Gasteiger partial charge < -0.3 is 9.84 Å². The lowest BCUT2D eigenvalue weighted by molar-refractivity contribution is 0.0694. The molecule has 0 atom stereocenters. The van der Waals surface area contributed by atoms with E-state index in [2.05, 4.69) is 9.71 Å². The molecule has 0 spiro atoms. The van der Waals surface area contributed by atoms with E-state index < -0.39 is 16.0 Å². The number of hydrogen-bond acceptors (Lipinski definition) is 6. The number of benzene rings is 1. The predicted molar refractivity (Wildman–Crippen MR) is 108 cm³/mol. The third-order valence-corrected chi connectivity index (χ3v) is 7.18. The number of rotatable bonds is 6. The van der Waals surface area contributed by atoms with Crippen LogP contribution in [0.1, 0.15) is 10.4 Å². The number of carboxylic acids is 1. The van der Waals surface area contributed by atoms with Crippen molar-refractivity contribution in [3.63, 3.8) is 0 Å². The van der Waals surface area contributed by atoms with Crippen LogP contribution in [0.5, 0.6) is 11.6 Å². The Hall–Kier alpha value is -2.04. The van der Waals surface area contributed by atoms with Crippen molar-refractivity contribution in [1.82, 2.24) is 4.98 Å². The summed E-state index contributed by atoms with van der Waals surface area (Å²) in [6.45, 7) is 0. The molecule has 3 aromatic rings. The average molecular weight is 480 g/mol. The molecule has 0 amide bonds. The van der Waals surface area contributed by atoms with Gasteiger partial charge in [0, 0.05) is 6.20 Å². The van der Waals surface area contributed by atoms with Crippen molar-refractivity contribution in [2.24, 2.45) is 0 Å². The second-order valence-corrected chi connectivity index (χ2v) is 9.61. The summed E-state index contributed by atoms with van der Waals surface area (Å²) in [7, 11) is -4.07. The minimum Gasteiger partial charge on any atom is -0.478 e. The molecule has 0 unspecified atom stereocenters. The largest absolute Gasteiger partial charge is 0.478 e. The van der Waals surface area contributed by atoms with Crippen LogP contribution in [0.25, 0.3) is 0 Å². The molecule has 0 saturated carbocycles. The highest BCUT2D eigenvalue weighted by molar-refractivity contribution is 7.94. The van der Waals surface area contributed by atoms with E-state index in [1.807, 2.05) is 0 Å². The van der Waals surface area contributed by atoms with Gasteiger partial charge in [0.2, 0.25) is 5.88 Å². The summed E-state index contributed by atoms with van der Waals surface area (Å²) in [5.41, 5.74) is -0.210. The van der Waals surface area contributed by atoms with Crippen LogP contribution in [0.2, 0.25) is 14.4 Å². The molecule has 2 aromatic heterocycles. The van der Waals surface area contributed by atoms with Crippen LogP contribution in [0.15, 0.2) is 46.8 Å². The number of halogens is 3. The number of thiophene rings is 1. The highest BCUT2D eigenvalue weighted by Gasteiger charge is 2.23. The number of aromatic nitrogens is 1. The number of ether oxygens (including phenoxy) is 1. The first-order chi connectivity index (χ1) is 13.2. The first-order valence-electron chi connectivity index (χ1n) is 7.31. The second-order valence-electron chi connectivity index (χ2n) is 5.20. The van der Waals surface area contributed by atoms with Crippen molar-refractivity contribution >= 4 is 67.8 Å². The van der Waals surface area contributed by atoms with Gasteiger partial charge >= 0.3 is 5.97 Å². The maximum atomic E-state index is 12.6. The van der Waals surface area contributed by atoms with Gasteiger partial charge in [0.1, 0.15) is 25.5 Å². The number of carbonyl (C=O) groups is 1. The normalized spacial score (nSPS) is 11.2. The molecule has 0 bridgehead atoms. The van der Waals surface area contributed by atoms with Crippen LogP contribution in [0, 0.1) is 0 Å². The lowest BCUT2D eigenvalue weighted by Gasteiger charge is -2.13. The monoisotopic (exact) mass is 478 g/mol. The highest BCUT2D eigenvalue weighted by Crippen LogP contribution is 2.37. The molecule has 3 rings (SSSR count). The summed E-state index contributed by atoms with van der Waals surface area (Å²) in [5, 5.41) is 9.50. The SMILES string of the molecule is O=C(O)c1ccccc1Oc1ncc(Cl)cc1NS(=O)(=O)c1cc(Cl)c(Cl)s1. The molecule has 7 nitrogen and oxygen atoms in total. The second kappa shape index (κ2) is 8.14. The fraction of sp³-hybridized carbons (Fsp3) is 0. The molecular formula is C16H9Cl3N2O5S2. The Morgan fingerprint density at radius 3 is 2.54 bits per heavy atom. The molecule has 0 aliphatic carbocycles. The van der Waals surface area contributed by atoms with E-state index in [9.17, 15) is 18.3 Å². The van der Waals surface area contributed by atoms with E-state index >= 15 is 0 Å². The topological polar surface area (TPSA) is 106 Å². The minimum absolute atomic E-state index is 0.0208. The Morgan fingerprint density at radius 1 is 1.18 bits per heavy atom. The Bertz CT molecular complexity index is 1150. The summed E-state index contributed by atoms with van der Waals surface area (Å²) in [5.74, 6) is -1.42. The van der Waals surface area contributed by atoms with Crippen molar-refractivity contribution in [1.29, 1.82) is 0 Å². The van der Waals surface area contributed by atoms with Gasteiger partial charge in [-0.15, -0.1) is 11.3 Å². The van der Waals surface area contributed by atoms with Crippen molar-refractivity contribution in [3.05, 3.63) is 62.5 Å². The Balaban J connectivity index is 1.99. The third kappa shape index (κ3) is 4.50. The molecule has 28 heavy (non-hydrogen) atoms. The lowest BCUT2D eigenvalue weighted by atomic mass is 10.2.